The first kappa shape index (κ1) is 10.1. The lowest BCUT2D eigenvalue weighted by Crippen LogP contribution is -2.30. The van der Waals surface area contributed by atoms with Crippen LogP contribution in [0.2, 0.25) is 0 Å². The van der Waals surface area contributed by atoms with Crippen LogP contribution in [-0.4, -0.2) is 23.5 Å². The van der Waals surface area contributed by atoms with Gasteiger partial charge in [0.15, 0.2) is 0 Å². The topological polar surface area (TPSA) is 20.3 Å². The van der Waals surface area contributed by atoms with Crippen LogP contribution < -0.4 is 0 Å². The minimum Gasteiger partial charge on any atom is -0.319 e. The zero-order valence-corrected chi connectivity index (χ0v) is 6.97. The molecule has 0 radical (unpaired) electrons. The van der Waals surface area contributed by atoms with Crippen molar-refractivity contribution in [3.05, 3.63) is 12.3 Å². The molecule has 13 heavy (non-hydrogen) atoms. The predicted octanol–water partition coefficient (Wildman–Crippen LogP) is 2.07. The van der Waals surface area contributed by atoms with Gasteiger partial charge in [-0.05, 0) is 12.8 Å². The normalized spacial score (nSPS) is 19.9. The van der Waals surface area contributed by atoms with Gasteiger partial charge in [0.25, 0.3) is 0 Å². The van der Waals surface area contributed by atoms with Gasteiger partial charge in [-0.25, -0.2) is 0 Å². The van der Waals surface area contributed by atoms with Gasteiger partial charge in [-0.3, -0.25) is 4.79 Å². The fraction of sp³-hybridized carbons (Fsp3) is 0.625. The maximum atomic E-state index is 11.7. The third-order valence-corrected chi connectivity index (χ3v) is 1.80. The van der Waals surface area contributed by atoms with Crippen LogP contribution in [0, 0.1) is 0 Å². The molecule has 0 bridgehead atoms. The SMILES string of the molecule is O=C1CCCCN1/C=C/C(F)(F)F. The number of nitrogens with zero attached hydrogens (tertiary/aromatic N) is 1. The maximum Gasteiger partial charge on any atom is 0.411 e. The molecule has 1 rings (SSSR count). The van der Waals surface area contributed by atoms with E-state index in [1.165, 1.54) is 0 Å². The molecular formula is C8H10F3NO. The van der Waals surface area contributed by atoms with Gasteiger partial charge in [0.05, 0.1) is 0 Å². The predicted molar refractivity (Wildman–Crippen MR) is 40.8 cm³/mol. The van der Waals surface area contributed by atoms with Gasteiger partial charge in [-0.15, -0.1) is 0 Å². The van der Waals surface area contributed by atoms with E-state index in [0.717, 1.165) is 23.9 Å². The first-order valence-corrected chi connectivity index (χ1v) is 4.04. The monoisotopic (exact) mass is 193 g/mol. The maximum absolute atomic E-state index is 11.7. The van der Waals surface area contributed by atoms with Crippen LogP contribution in [0.15, 0.2) is 12.3 Å². The molecule has 0 unspecified atom stereocenters. The summed E-state index contributed by atoms with van der Waals surface area (Å²) in [7, 11) is 0. The lowest BCUT2D eigenvalue weighted by Gasteiger charge is -2.22. The molecule has 0 aliphatic carbocycles. The van der Waals surface area contributed by atoms with Gasteiger partial charge in [0.1, 0.15) is 0 Å². The number of alkyl halides is 3. The van der Waals surface area contributed by atoms with E-state index in [1.807, 2.05) is 0 Å². The molecule has 1 heterocycles. The van der Waals surface area contributed by atoms with Gasteiger partial charge in [-0.2, -0.15) is 13.2 Å². The number of carbonyl (C=O) groups excluding carboxylic acids is 1. The average Bonchev–Trinajstić information content (AvgIpc) is 2.01. The lowest BCUT2D eigenvalue weighted by atomic mass is 10.1. The van der Waals surface area contributed by atoms with E-state index in [9.17, 15) is 18.0 Å². The Balaban J connectivity index is 2.52. The number of hydrogen-bond acceptors (Lipinski definition) is 1. The number of amides is 1. The van der Waals surface area contributed by atoms with Crippen LogP contribution in [0.1, 0.15) is 19.3 Å². The van der Waals surface area contributed by atoms with E-state index in [4.69, 9.17) is 0 Å². The van der Waals surface area contributed by atoms with Crippen molar-refractivity contribution in [2.75, 3.05) is 6.54 Å². The summed E-state index contributed by atoms with van der Waals surface area (Å²) in [6, 6.07) is 0. The molecule has 1 saturated heterocycles. The Morgan fingerprint density at radius 3 is 2.54 bits per heavy atom. The highest BCUT2D eigenvalue weighted by Gasteiger charge is 2.24. The Hall–Kier alpha value is -1.00. The number of hydrogen-bond donors (Lipinski definition) is 0. The standard InChI is InChI=1S/C8H10F3NO/c9-8(10,11)4-6-12-5-2-1-3-7(12)13/h4,6H,1-3,5H2/b6-4+. The van der Waals surface area contributed by atoms with Crippen LogP contribution in [0.4, 0.5) is 13.2 Å². The molecule has 0 N–H and O–H groups in total. The highest BCUT2D eigenvalue weighted by molar-refractivity contribution is 5.77. The van der Waals surface area contributed by atoms with Crippen LogP contribution in [0.25, 0.3) is 0 Å². The van der Waals surface area contributed by atoms with Gasteiger partial charge in [0, 0.05) is 25.2 Å². The third-order valence-electron chi connectivity index (χ3n) is 1.80. The Morgan fingerprint density at radius 2 is 2.00 bits per heavy atom. The molecule has 0 aromatic carbocycles. The van der Waals surface area contributed by atoms with Crippen molar-refractivity contribution < 1.29 is 18.0 Å². The molecule has 1 amide bonds. The summed E-state index contributed by atoms with van der Waals surface area (Å²) in [5, 5.41) is 0. The van der Waals surface area contributed by atoms with Crippen LogP contribution in [0.3, 0.4) is 0 Å². The molecule has 1 fully saturated rings. The molecule has 0 atom stereocenters. The van der Waals surface area contributed by atoms with Crippen molar-refractivity contribution in [2.45, 2.75) is 25.4 Å². The minimum atomic E-state index is -4.34. The number of halogens is 3. The summed E-state index contributed by atoms with van der Waals surface area (Å²) < 4.78 is 35.1. The fourth-order valence-electron chi connectivity index (χ4n) is 1.16. The van der Waals surface area contributed by atoms with Crippen molar-refractivity contribution in [2.24, 2.45) is 0 Å². The summed E-state index contributed by atoms with van der Waals surface area (Å²) >= 11 is 0. The van der Waals surface area contributed by atoms with Crippen molar-refractivity contribution in [3.8, 4) is 0 Å². The first-order chi connectivity index (χ1) is 5.99. The second-order valence-electron chi connectivity index (χ2n) is 2.90. The van der Waals surface area contributed by atoms with E-state index >= 15 is 0 Å². The van der Waals surface area contributed by atoms with E-state index in [2.05, 4.69) is 0 Å². The quantitative estimate of drug-likeness (QED) is 0.624. The number of rotatable bonds is 1. The van der Waals surface area contributed by atoms with Crippen LogP contribution >= 0.6 is 0 Å². The van der Waals surface area contributed by atoms with Gasteiger partial charge >= 0.3 is 6.18 Å². The highest BCUT2D eigenvalue weighted by atomic mass is 19.4. The summed E-state index contributed by atoms with van der Waals surface area (Å²) in [5.74, 6) is -0.230. The van der Waals surface area contributed by atoms with E-state index < -0.39 is 6.18 Å². The van der Waals surface area contributed by atoms with Gasteiger partial charge in [-0.1, -0.05) is 0 Å². The number of likely N-dealkylation sites (tertiary alicyclic amines) is 1. The van der Waals surface area contributed by atoms with E-state index in [1.54, 1.807) is 0 Å². The molecule has 0 aromatic rings. The summed E-state index contributed by atoms with van der Waals surface area (Å²) in [6.45, 7) is 0.394. The number of piperidine rings is 1. The molecular weight excluding hydrogens is 183 g/mol. The third kappa shape index (κ3) is 3.48. The van der Waals surface area contributed by atoms with Crippen molar-refractivity contribution in [3.63, 3.8) is 0 Å². The largest absolute Gasteiger partial charge is 0.411 e. The Labute approximate surface area is 74.0 Å². The zero-order chi connectivity index (χ0) is 9.90. The number of carbonyl (C=O) groups is 1. The zero-order valence-electron chi connectivity index (χ0n) is 6.97. The molecule has 0 spiro atoms. The number of allylic oxidation sites excluding steroid dienone is 1. The smallest absolute Gasteiger partial charge is 0.319 e. The highest BCUT2D eigenvalue weighted by Crippen LogP contribution is 2.18. The molecule has 5 heteroatoms. The van der Waals surface area contributed by atoms with Crippen LogP contribution in [0.5, 0.6) is 0 Å². The Kier molecular flexibility index (Phi) is 2.95. The molecule has 0 saturated carbocycles. The van der Waals surface area contributed by atoms with Gasteiger partial charge in [0.2, 0.25) is 5.91 Å². The van der Waals surface area contributed by atoms with Crippen molar-refractivity contribution in [1.29, 1.82) is 0 Å². The molecule has 0 aromatic heterocycles. The molecule has 1 aliphatic heterocycles. The Bertz CT molecular complexity index is 222. The first-order valence-electron chi connectivity index (χ1n) is 4.04. The lowest BCUT2D eigenvalue weighted by molar-refractivity contribution is -0.130. The van der Waals surface area contributed by atoms with Crippen molar-refractivity contribution >= 4 is 5.91 Å². The summed E-state index contributed by atoms with van der Waals surface area (Å²) in [4.78, 5) is 12.1. The Morgan fingerprint density at radius 1 is 1.31 bits per heavy atom. The summed E-state index contributed by atoms with van der Waals surface area (Å²) in [6.07, 6.45) is -1.53. The second kappa shape index (κ2) is 3.81. The van der Waals surface area contributed by atoms with E-state index in [0.29, 0.717) is 13.0 Å². The van der Waals surface area contributed by atoms with E-state index in [-0.39, 0.29) is 12.0 Å². The molecule has 74 valence electrons. The molecule has 1 aliphatic rings. The fourth-order valence-corrected chi connectivity index (χ4v) is 1.16. The summed E-state index contributed by atoms with van der Waals surface area (Å²) in [5.41, 5.74) is 0. The van der Waals surface area contributed by atoms with Crippen molar-refractivity contribution in [1.82, 2.24) is 4.90 Å². The van der Waals surface area contributed by atoms with Crippen LogP contribution in [-0.2, 0) is 4.79 Å². The second-order valence-corrected chi connectivity index (χ2v) is 2.90. The van der Waals surface area contributed by atoms with Gasteiger partial charge < -0.3 is 4.90 Å². The minimum absolute atomic E-state index is 0.0935. The molecule has 2 nitrogen and oxygen atoms in total. The average molecular weight is 193 g/mol.